The van der Waals surface area contributed by atoms with Crippen LogP contribution < -0.4 is 5.73 Å². The van der Waals surface area contributed by atoms with Crippen molar-refractivity contribution >= 4 is 34.4 Å². The van der Waals surface area contributed by atoms with Crippen LogP contribution in [0.25, 0.3) is 10.9 Å². The number of imide groups is 1. The van der Waals surface area contributed by atoms with Crippen LogP contribution in [-0.4, -0.2) is 39.4 Å². The van der Waals surface area contributed by atoms with Gasteiger partial charge in [-0.25, -0.2) is 0 Å². The topological polar surface area (TPSA) is 98.3 Å². The van der Waals surface area contributed by atoms with Crippen LogP contribution in [-0.2, 0) is 0 Å². The predicted molar refractivity (Wildman–Crippen MR) is 86.7 cm³/mol. The molecule has 0 saturated heterocycles. The maximum Gasteiger partial charge on any atom is 0.278 e. The molecule has 0 spiro atoms. The summed E-state index contributed by atoms with van der Waals surface area (Å²) in [4.78, 5) is 37.8. The van der Waals surface area contributed by atoms with Crippen LogP contribution >= 0.6 is 0 Å². The first-order valence-electron chi connectivity index (χ1n) is 7.23. The molecule has 1 aliphatic heterocycles. The Morgan fingerprint density at radius 3 is 2.54 bits per heavy atom. The van der Waals surface area contributed by atoms with Crippen LogP contribution in [0.5, 0.6) is 0 Å². The van der Waals surface area contributed by atoms with Gasteiger partial charge in [-0.05, 0) is 30.3 Å². The molecule has 24 heavy (non-hydrogen) atoms. The van der Waals surface area contributed by atoms with Crippen molar-refractivity contribution in [1.82, 2.24) is 14.7 Å². The highest BCUT2D eigenvalue weighted by Crippen LogP contribution is 2.25. The molecule has 2 amide bonds. The van der Waals surface area contributed by atoms with Crippen molar-refractivity contribution in [3.63, 3.8) is 0 Å². The number of rotatable bonds is 1. The van der Waals surface area contributed by atoms with E-state index in [-0.39, 0.29) is 22.9 Å². The fraction of sp³-hybridized carbons (Fsp3) is 0.0588. The molecule has 118 valence electrons. The van der Waals surface area contributed by atoms with Gasteiger partial charge in [-0.15, -0.1) is 5.10 Å². The van der Waals surface area contributed by atoms with E-state index in [9.17, 15) is 14.4 Å². The number of aromatic nitrogens is 2. The molecule has 0 unspecified atom stereocenters. The number of hydrogen-bond acceptors (Lipinski definition) is 5. The van der Waals surface area contributed by atoms with Crippen LogP contribution in [0.3, 0.4) is 0 Å². The Kier molecular flexibility index (Phi) is 2.80. The van der Waals surface area contributed by atoms with E-state index in [4.69, 9.17) is 5.73 Å². The van der Waals surface area contributed by atoms with E-state index in [1.54, 1.807) is 18.2 Å². The molecule has 0 saturated carbocycles. The fourth-order valence-corrected chi connectivity index (χ4v) is 2.86. The molecule has 3 aromatic rings. The third kappa shape index (κ3) is 1.78. The quantitative estimate of drug-likeness (QED) is 0.686. The Labute approximate surface area is 136 Å². The average molecular weight is 320 g/mol. The molecule has 0 fully saturated rings. The molecular formula is C17H12N4O3. The van der Waals surface area contributed by atoms with Crippen molar-refractivity contribution in [1.29, 1.82) is 0 Å². The zero-order valence-electron chi connectivity index (χ0n) is 12.7. The second-order valence-electron chi connectivity index (χ2n) is 5.55. The lowest BCUT2D eigenvalue weighted by Gasteiger charge is -2.04. The van der Waals surface area contributed by atoms with Gasteiger partial charge in [0.25, 0.3) is 17.7 Å². The van der Waals surface area contributed by atoms with Gasteiger partial charge in [0.15, 0.2) is 5.82 Å². The standard InChI is InChI=1S/C17H12N4O3/c1-20-16(23)10-7-6-9(8-12(10)17(20)24)15(22)21-13-5-3-2-4-11(13)14(18)19-21/h2-8H,1H3,(H2,18,19). The number of fused-ring (bicyclic) bond motifs is 2. The number of anilines is 1. The molecule has 2 heterocycles. The summed E-state index contributed by atoms with van der Waals surface area (Å²) in [5, 5.41) is 4.77. The summed E-state index contributed by atoms with van der Waals surface area (Å²) in [6.45, 7) is 0. The number of nitrogens with two attached hydrogens (primary N) is 1. The first kappa shape index (κ1) is 14.1. The number of carbonyl (C=O) groups is 3. The van der Waals surface area contributed by atoms with Crippen LogP contribution in [0, 0.1) is 0 Å². The van der Waals surface area contributed by atoms with Crippen molar-refractivity contribution in [2.24, 2.45) is 0 Å². The summed E-state index contributed by atoms with van der Waals surface area (Å²) >= 11 is 0. The number of hydrogen-bond donors (Lipinski definition) is 1. The molecule has 7 heteroatoms. The zero-order valence-corrected chi connectivity index (χ0v) is 12.7. The number of para-hydroxylation sites is 1. The summed E-state index contributed by atoms with van der Waals surface area (Å²) in [6, 6.07) is 11.5. The van der Waals surface area contributed by atoms with Crippen molar-refractivity contribution in [2.45, 2.75) is 0 Å². The van der Waals surface area contributed by atoms with Crippen LogP contribution in [0.4, 0.5) is 5.82 Å². The normalized spacial score (nSPS) is 13.6. The van der Waals surface area contributed by atoms with Gasteiger partial charge in [0.2, 0.25) is 0 Å². The van der Waals surface area contributed by atoms with Crippen molar-refractivity contribution < 1.29 is 14.4 Å². The lowest BCUT2D eigenvalue weighted by Crippen LogP contribution is -2.24. The Hall–Kier alpha value is -3.48. The fourth-order valence-electron chi connectivity index (χ4n) is 2.86. The molecule has 2 aromatic carbocycles. The molecule has 0 radical (unpaired) electrons. The molecule has 1 aliphatic rings. The highest BCUT2D eigenvalue weighted by Gasteiger charge is 2.33. The van der Waals surface area contributed by atoms with Gasteiger partial charge in [-0.3, -0.25) is 19.3 Å². The molecule has 0 aliphatic carbocycles. The van der Waals surface area contributed by atoms with Crippen LogP contribution in [0.1, 0.15) is 31.1 Å². The average Bonchev–Trinajstić information content (AvgIpc) is 3.05. The van der Waals surface area contributed by atoms with E-state index >= 15 is 0 Å². The number of benzene rings is 2. The molecular weight excluding hydrogens is 308 g/mol. The first-order chi connectivity index (χ1) is 11.5. The third-order valence-electron chi connectivity index (χ3n) is 4.14. The number of carbonyl (C=O) groups excluding carboxylic acids is 3. The van der Waals surface area contributed by atoms with Gasteiger partial charge in [-0.2, -0.15) is 4.68 Å². The Morgan fingerprint density at radius 2 is 1.75 bits per heavy atom. The summed E-state index contributed by atoms with van der Waals surface area (Å²) in [6.07, 6.45) is 0. The van der Waals surface area contributed by atoms with Gasteiger partial charge >= 0.3 is 0 Å². The van der Waals surface area contributed by atoms with E-state index in [2.05, 4.69) is 5.10 Å². The Bertz CT molecular complexity index is 1050. The van der Waals surface area contributed by atoms with Crippen LogP contribution in [0.15, 0.2) is 42.5 Å². The minimum atomic E-state index is -0.422. The number of nitrogen functional groups attached to an aromatic ring is 1. The first-order valence-corrected chi connectivity index (χ1v) is 7.23. The van der Waals surface area contributed by atoms with Gasteiger partial charge in [0.1, 0.15) is 0 Å². The predicted octanol–water partition coefficient (Wildman–Crippen LogP) is 1.53. The minimum Gasteiger partial charge on any atom is -0.382 e. The maximum atomic E-state index is 12.8. The second kappa shape index (κ2) is 4.76. The van der Waals surface area contributed by atoms with Crippen molar-refractivity contribution in [3.8, 4) is 0 Å². The summed E-state index contributed by atoms with van der Waals surface area (Å²) in [5.41, 5.74) is 7.21. The molecule has 2 N–H and O–H groups in total. The SMILES string of the molecule is CN1C(=O)c2ccc(C(=O)n3nc(N)c4ccccc43)cc2C1=O. The van der Waals surface area contributed by atoms with E-state index < -0.39 is 11.8 Å². The second-order valence-corrected chi connectivity index (χ2v) is 5.55. The smallest absolute Gasteiger partial charge is 0.278 e. The largest absolute Gasteiger partial charge is 0.382 e. The monoisotopic (exact) mass is 320 g/mol. The summed E-state index contributed by atoms with van der Waals surface area (Å²) in [5.74, 6) is -0.955. The van der Waals surface area contributed by atoms with Crippen molar-refractivity contribution in [2.75, 3.05) is 12.8 Å². The Morgan fingerprint density at radius 1 is 1.04 bits per heavy atom. The number of nitrogens with zero attached hydrogens (tertiary/aromatic N) is 3. The third-order valence-corrected chi connectivity index (χ3v) is 4.14. The number of amides is 2. The van der Waals surface area contributed by atoms with Gasteiger partial charge < -0.3 is 5.73 Å². The zero-order chi connectivity index (χ0) is 17.0. The van der Waals surface area contributed by atoms with Gasteiger partial charge in [-0.1, -0.05) is 12.1 Å². The summed E-state index contributed by atoms with van der Waals surface area (Å²) in [7, 11) is 1.41. The minimum absolute atomic E-state index is 0.220. The van der Waals surface area contributed by atoms with Gasteiger partial charge in [0.05, 0.1) is 16.6 Å². The molecule has 4 rings (SSSR count). The van der Waals surface area contributed by atoms with Gasteiger partial charge in [0, 0.05) is 18.0 Å². The molecule has 7 nitrogen and oxygen atoms in total. The van der Waals surface area contributed by atoms with E-state index in [0.29, 0.717) is 16.5 Å². The highest BCUT2D eigenvalue weighted by atomic mass is 16.2. The molecule has 1 aromatic heterocycles. The molecule has 0 bridgehead atoms. The highest BCUT2D eigenvalue weighted by molar-refractivity contribution is 6.22. The lowest BCUT2D eigenvalue weighted by atomic mass is 10.1. The van der Waals surface area contributed by atoms with Crippen molar-refractivity contribution in [3.05, 3.63) is 59.2 Å². The summed E-state index contributed by atoms with van der Waals surface area (Å²) < 4.78 is 1.21. The maximum absolute atomic E-state index is 12.8. The molecule has 0 atom stereocenters. The van der Waals surface area contributed by atoms with E-state index in [1.165, 1.54) is 29.9 Å². The Balaban J connectivity index is 1.84. The van der Waals surface area contributed by atoms with E-state index in [0.717, 1.165) is 4.90 Å². The van der Waals surface area contributed by atoms with Crippen LogP contribution in [0.2, 0.25) is 0 Å². The van der Waals surface area contributed by atoms with E-state index in [1.807, 2.05) is 6.07 Å². The lowest BCUT2D eigenvalue weighted by molar-refractivity contribution is 0.0693.